The van der Waals surface area contributed by atoms with Crippen molar-refractivity contribution in [2.24, 2.45) is 0 Å². The van der Waals surface area contributed by atoms with E-state index < -0.39 is 12.1 Å². The molecule has 2 unspecified atom stereocenters. The minimum atomic E-state index is -0.872. The summed E-state index contributed by atoms with van der Waals surface area (Å²) in [6.45, 7) is 4.10. The molecule has 0 aliphatic rings. The van der Waals surface area contributed by atoms with Gasteiger partial charge in [-0.25, -0.2) is 0 Å². The van der Waals surface area contributed by atoms with E-state index in [1.807, 2.05) is 6.08 Å². The molecule has 0 aromatic heterocycles. The fourth-order valence-electron chi connectivity index (χ4n) is 3.91. The van der Waals surface area contributed by atoms with E-state index in [0.29, 0.717) is 6.42 Å². The largest absolute Gasteiger partial charge is 0.394 e. The average Bonchev–Trinajstić information content (AvgIpc) is 2.90. The fraction of sp³-hybridized carbons (Fsp3) is 0.667. The molecule has 0 fully saturated rings. The summed E-state index contributed by atoms with van der Waals surface area (Å²) in [6.07, 6.45) is 38.6. The molecule has 0 rings (SSSR count). The number of amides is 1. The summed E-state index contributed by atoms with van der Waals surface area (Å²) in [5.74, 6) is -0.0977. The molecule has 2 atom stereocenters. The Labute approximate surface area is 228 Å². The summed E-state index contributed by atoms with van der Waals surface area (Å²) in [6, 6.07) is -0.649. The number of unbranched alkanes of at least 4 members (excludes halogenated alkanes) is 11. The molecule has 4 heteroatoms. The van der Waals surface area contributed by atoms with Crippen molar-refractivity contribution < 1.29 is 15.0 Å². The minimum Gasteiger partial charge on any atom is -0.394 e. The Bertz CT molecular complexity index is 648. The fourth-order valence-corrected chi connectivity index (χ4v) is 3.91. The van der Waals surface area contributed by atoms with Gasteiger partial charge >= 0.3 is 0 Å². The third-order valence-electron chi connectivity index (χ3n) is 6.24. The molecule has 0 bridgehead atoms. The highest BCUT2D eigenvalue weighted by Crippen LogP contribution is 2.10. The molecule has 0 saturated heterocycles. The van der Waals surface area contributed by atoms with Crippen molar-refractivity contribution in [3.63, 3.8) is 0 Å². The lowest BCUT2D eigenvalue weighted by Crippen LogP contribution is -2.45. The van der Waals surface area contributed by atoms with Crippen LogP contribution in [0.25, 0.3) is 0 Å². The van der Waals surface area contributed by atoms with Crippen molar-refractivity contribution in [3.05, 3.63) is 60.8 Å². The second-order valence-corrected chi connectivity index (χ2v) is 9.79. The van der Waals surface area contributed by atoms with Crippen LogP contribution < -0.4 is 5.32 Å². The number of allylic oxidation sites excluding steroid dienone is 9. The molecule has 0 aromatic rings. The molecule has 0 radical (unpaired) electrons. The summed E-state index contributed by atoms with van der Waals surface area (Å²) < 4.78 is 0. The van der Waals surface area contributed by atoms with Crippen LogP contribution in [0.5, 0.6) is 0 Å². The van der Waals surface area contributed by atoms with Gasteiger partial charge in [0, 0.05) is 6.42 Å². The maximum atomic E-state index is 12.2. The van der Waals surface area contributed by atoms with Gasteiger partial charge in [-0.15, -0.1) is 0 Å². The molecule has 3 N–H and O–H groups in total. The molecule has 0 heterocycles. The van der Waals surface area contributed by atoms with Crippen LogP contribution in [-0.4, -0.2) is 34.9 Å². The summed E-state index contributed by atoms with van der Waals surface area (Å²) in [4.78, 5) is 12.2. The first kappa shape index (κ1) is 35.1. The van der Waals surface area contributed by atoms with Gasteiger partial charge in [0.1, 0.15) is 0 Å². The zero-order chi connectivity index (χ0) is 27.2. The Morgan fingerprint density at radius 2 is 1.22 bits per heavy atom. The van der Waals surface area contributed by atoms with E-state index in [9.17, 15) is 15.0 Å². The van der Waals surface area contributed by atoms with Gasteiger partial charge in [0.15, 0.2) is 0 Å². The number of aliphatic hydroxyl groups excluding tert-OH is 2. The highest BCUT2D eigenvalue weighted by molar-refractivity contribution is 5.76. The van der Waals surface area contributed by atoms with Crippen LogP contribution in [0.3, 0.4) is 0 Å². The van der Waals surface area contributed by atoms with Crippen LogP contribution in [0, 0.1) is 0 Å². The maximum absolute atomic E-state index is 12.2. The van der Waals surface area contributed by atoms with Gasteiger partial charge in [0.2, 0.25) is 5.91 Å². The number of aliphatic hydroxyl groups is 2. The van der Waals surface area contributed by atoms with E-state index in [2.05, 4.69) is 67.8 Å². The highest BCUT2D eigenvalue weighted by atomic mass is 16.3. The Hall–Kier alpha value is -1.91. The molecule has 37 heavy (non-hydrogen) atoms. The van der Waals surface area contributed by atoms with Gasteiger partial charge in [-0.05, 0) is 64.2 Å². The number of hydrogen-bond donors (Lipinski definition) is 3. The third kappa shape index (κ3) is 25.5. The molecule has 0 saturated carbocycles. The number of carbonyl (C=O) groups is 1. The van der Waals surface area contributed by atoms with Crippen molar-refractivity contribution in [2.75, 3.05) is 6.61 Å². The summed E-state index contributed by atoms with van der Waals surface area (Å²) in [7, 11) is 0. The van der Waals surface area contributed by atoms with Crippen LogP contribution in [0.1, 0.15) is 123 Å². The molecule has 212 valence electrons. The van der Waals surface area contributed by atoms with Crippen molar-refractivity contribution in [3.8, 4) is 0 Å². The Morgan fingerprint density at radius 1 is 0.676 bits per heavy atom. The molecular formula is C33H57NO3. The van der Waals surface area contributed by atoms with E-state index in [4.69, 9.17) is 0 Å². The van der Waals surface area contributed by atoms with E-state index in [0.717, 1.165) is 57.8 Å². The zero-order valence-corrected chi connectivity index (χ0v) is 24.0. The Balaban J connectivity index is 3.78. The summed E-state index contributed by atoms with van der Waals surface area (Å²) in [5.41, 5.74) is 0. The van der Waals surface area contributed by atoms with Crippen molar-refractivity contribution in [1.29, 1.82) is 0 Å². The molecule has 0 aromatic carbocycles. The molecule has 1 amide bonds. The van der Waals surface area contributed by atoms with E-state index in [-0.39, 0.29) is 12.5 Å². The van der Waals surface area contributed by atoms with Gasteiger partial charge in [-0.1, -0.05) is 113 Å². The van der Waals surface area contributed by atoms with Crippen LogP contribution in [0.4, 0.5) is 0 Å². The van der Waals surface area contributed by atoms with Crippen LogP contribution in [0.15, 0.2) is 60.8 Å². The van der Waals surface area contributed by atoms with Gasteiger partial charge in [0.05, 0.1) is 18.8 Å². The third-order valence-corrected chi connectivity index (χ3v) is 6.24. The quantitative estimate of drug-likeness (QED) is 0.0651. The predicted octanol–water partition coefficient (Wildman–Crippen LogP) is 8.28. The number of hydrogen-bond acceptors (Lipinski definition) is 3. The SMILES string of the molecule is CC/C=C/CC/C=C/CC/C=C/C(O)C(CO)NC(=O)CCCCCCCC/C=C\C=C/CCCCC. The Kier molecular flexibility index (Phi) is 27.2. The summed E-state index contributed by atoms with van der Waals surface area (Å²) in [5, 5.41) is 22.6. The zero-order valence-electron chi connectivity index (χ0n) is 24.0. The van der Waals surface area contributed by atoms with Gasteiger partial charge in [0.25, 0.3) is 0 Å². The van der Waals surface area contributed by atoms with Crippen LogP contribution in [0.2, 0.25) is 0 Å². The highest BCUT2D eigenvalue weighted by Gasteiger charge is 2.17. The van der Waals surface area contributed by atoms with Gasteiger partial charge < -0.3 is 15.5 Å². The number of nitrogens with one attached hydrogen (secondary N) is 1. The lowest BCUT2D eigenvalue weighted by molar-refractivity contribution is -0.123. The monoisotopic (exact) mass is 515 g/mol. The average molecular weight is 516 g/mol. The normalized spacial score (nSPS) is 14.2. The minimum absolute atomic E-state index is 0.0977. The molecule has 0 spiro atoms. The number of carbonyl (C=O) groups excluding carboxylic acids is 1. The standard InChI is InChI=1S/C33H57NO3/c1-3-5-7-9-11-13-15-16-17-18-19-21-23-25-27-29-33(37)34-31(30-35)32(36)28-26-24-22-20-14-12-10-8-6-4-2/h6,8,11,13-16,20,26,28,31-32,35-36H,3-5,7,9-10,12,17-19,21-25,27,29-30H2,1-2H3,(H,34,37)/b8-6+,13-11-,16-15-,20-14+,28-26+. The van der Waals surface area contributed by atoms with Crippen molar-refractivity contribution in [1.82, 2.24) is 5.32 Å². The van der Waals surface area contributed by atoms with Gasteiger partial charge in [-0.3, -0.25) is 4.79 Å². The first-order valence-electron chi connectivity index (χ1n) is 15.0. The van der Waals surface area contributed by atoms with Crippen molar-refractivity contribution in [2.45, 2.75) is 135 Å². The second-order valence-electron chi connectivity index (χ2n) is 9.79. The smallest absolute Gasteiger partial charge is 0.220 e. The molecule has 4 nitrogen and oxygen atoms in total. The van der Waals surface area contributed by atoms with Crippen LogP contribution in [-0.2, 0) is 4.79 Å². The number of rotatable bonds is 25. The first-order chi connectivity index (χ1) is 18.2. The molecule has 0 aliphatic heterocycles. The molecular weight excluding hydrogens is 458 g/mol. The maximum Gasteiger partial charge on any atom is 0.220 e. The van der Waals surface area contributed by atoms with E-state index >= 15 is 0 Å². The first-order valence-corrected chi connectivity index (χ1v) is 15.0. The Morgan fingerprint density at radius 3 is 1.81 bits per heavy atom. The van der Waals surface area contributed by atoms with E-state index in [1.165, 1.54) is 44.9 Å². The lowest BCUT2D eigenvalue weighted by Gasteiger charge is -2.19. The predicted molar refractivity (Wildman–Crippen MR) is 161 cm³/mol. The topological polar surface area (TPSA) is 69.6 Å². The molecule has 0 aliphatic carbocycles. The van der Waals surface area contributed by atoms with E-state index in [1.54, 1.807) is 6.08 Å². The lowest BCUT2D eigenvalue weighted by atomic mass is 10.1. The summed E-state index contributed by atoms with van der Waals surface area (Å²) >= 11 is 0. The second kappa shape index (κ2) is 28.7. The van der Waals surface area contributed by atoms with Crippen molar-refractivity contribution >= 4 is 5.91 Å². The van der Waals surface area contributed by atoms with Crippen LogP contribution >= 0.6 is 0 Å². The van der Waals surface area contributed by atoms with Gasteiger partial charge in [-0.2, -0.15) is 0 Å².